The van der Waals surface area contributed by atoms with E-state index >= 15 is 0 Å². The lowest BCUT2D eigenvalue weighted by Gasteiger charge is -2.48. The van der Waals surface area contributed by atoms with Gasteiger partial charge in [-0.2, -0.15) is 0 Å². The summed E-state index contributed by atoms with van der Waals surface area (Å²) in [7, 11) is -2.13. The molecule has 13 heteroatoms. The number of hydrogen-bond donors (Lipinski definition) is 1. The largest absolute Gasteiger partial charge is 0.456 e. The van der Waals surface area contributed by atoms with E-state index in [2.05, 4.69) is 11.9 Å². The van der Waals surface area contributed by atoms with Crippen molar-refractivity contribution < 1.29 is 47.1 Å². The SMILES string of the molecule is C=CCS(CC)(C[C@H](NC(C)=O)[C@H]1O[C@H](SC)[C@H](OC(C)=O)[C@@H](OC(C)=O)[C@H]1OC(C)=O)OC(C)=O. The van der Waals surface area contributed by atoms with Crippen molar-refractivity contribution in [2.75, 3.05) is 23.5 Å². The quantitative estimate of drug-likeness (QED) is 0.216. The molecule has 206 valence electrons. The van der Waals surface area contributed by atoms with Crippen LogP contribution in [0, 0.1) is 0 Å². The predicted octanol–water partition coefficient (Wildman–Crippen LogP) is 1.86. The number of carbonyl (C=O) groups is 5. The fraction of sp³-hybridized carbons (Fsp3) is 0.696. The maximum absolute atomic E-state index is 12.2. The Morgan fingerprint density at radius 2 is 1.47 bits per heavy atom. The Bertz CT molecular complexity index is 838. The van der Waals surface area contributed by atoms with Crippen LogP contribution in [0.15, 0.2) is 12.7 Å². The molecule has 11 nitrogen and oxygen atoms in total. The summed E-state index contributed by atoms with van der Waals surface area (Å²) in [6.07, 6.45) is -1.25. The van der Waals surface area contributed by atoms with Gasteiger partial charge in [0, 0.05) is 51.9 Å². The zero-order valence-corrected chi connectivity index (χ0v) is 23.4. The van der Waals surface area contributed by atoms with Crippen LogP contribution in [0.2, 0.25) is 0 Å². The van der Waals surface area contributed by atoms with Gasteiger partial charge in [0.25, 0.3) is 0 Å². The van der Waals surface area contributed by atoms with Crippen molar-refractivity contribution >= 4 is 51.9 Å². The van der Waals surface area contributed by atoms with E-state index in [0.29, 0.717) is 11.5 Å². The first kappa shape index (κ1) is 31.8. The number of ether oxygens (including phenoxy) is 4. The molecule has 0 radical (unpaired) electrons. The van der Waals surface area contributed by atoms with Gasteiger partial charge in [0.05, 0.1) is 6.04 Å². The molecule has 0 aromatic heterocycles. The normalized spacial score (nSPS) is 26.8. The molecule has 7 atom stereocenters. The molecule has 0 bridgehead atoms. The molecule has 1 fully saturated rings. The smallest absolute Gasteiger partial charge is 0.313 e. The molecule has 1 rings (SSSR count). The van der Waals surface area contributed by atoms with Crippen molar-refractivity contribution in [2.45, 2.75) is 77.4 Å². The lowest BCUT2D eigenvalue weighted by atomic mass is 9.94. The van der Waals surface area contributed by atoms with E-state index < -0.39 is 76.0 Å². The topological polar surface area (TPSA) is 144 Å². The van der Waals surface area contributed by atoms with Crippen LogP contribution in [0.5, 0.6) is 0 Å². The zero-order chi connectivity index (χ0) is 27.6. The third-order valence-corrected chi connectivity index (χ3v) is 9.47. The van der Waals surface area contributed by atoms with E-state index in [1.54, 1.807) is 12.3 Å². The van der Waals surface area contributed by atoms with E-state index in [1.807, 2.05) is 6.92 Å². The van der Waals surface area contributed by atoms with Gasteiger partial charge < -0.3 is 28.4 Å². The van der Waals surface area contributed by atoms with Crippen molar-refractivity contribution in [1.82, 2.24) is 5.32 Å². The Balaban J connectivity index is 3.66. The molecule has 1 unspecified atom stereocenters. The molecule has 1 N–H and O–H groups in total. The van der Waals surface area contributed by atoms with Gasteiger partial charge in [-0.1, -0.05) is 23.3 Å². The first-order valence-electron chi connectivity index (χ1n) is 11.3. The standard InChI is InChI=1S/C23H37NO10S2/c1-9-11-36(10-2,34-17(7)29)12-18(24-13(3)25)19-20(30-14(4)26)21(31-15(5)27)22(32-16(6)28)23(33-19)35-8/h9,18-23H,1,10-12H2,2-8H3,(H,24,25)/t18-,19+,20-,21-,22+,23+/m0/s1. The summed E-state index contributed by atoms with van der Waals surface area (Å²) < 4.78 is 28.5. The molecule has 1 heterocycles. The highest BCUT2D eigenvalue weighted by molar-refractivity contribution is 8.30. The molecule has 0 aliphatic carbocycles. The molecule has 0 aromatic carbocycles. The Hall–Kier alpha value is -2.25. The first-order valence-corrected chi connectivity index (χ1v) is 14.7. The van der Waals surface area contributed by atoms with Crippen molar-refractivity contribution in [1.29, 1.82) is 0 Å². The molecule has 1 amide bonds. The lowest BCUT2D eigenvalue weighted by molar-refractivity contribution is -0.234. The zero-order valence-electron chi connectivity index (χ0n) is 21.8. The second kappa shape index (κ2) is 14.5. The van der Waals surface area contributed by atoms with Crippen LogP contribution in [0.4, 0.5) is 0 Å². The highest BCUT2D eigenvalue weighted by Gasteiger charge is 2.54. The molecule has 1 saturated heterocycles. The maximum Gasteiger partial charge on any atom is 0.313 e. The van der Waals surface area contributed by atoms with Crippen LogP contribution >= 0.6 is 22.1 Å². The Morgan fingerprint density at radius 3 is 1.89 bits per heavy atom. The number of carbonyl (C=O) groups excluding carboxylic acids is 5. The number of nitrogens with one attached hydrogen (secondary N) is 1. The number of amides is 1. The molecule has 1 aliphatic heterocycles. The van der Waals surface area contributed by atoms with Gasteiger partial charge in [-0.25, -0.2) is 0 Å². The molecule has 0 saturated carbocycles. The number of esters is 3. The third-order valence-electron chi connectivity index (χ3n) is 5.18. The van der Waals surface area contributed by atoms with Gasteiger partial charge in [0.1, 0.15) is 11.5 Å². The van der Waals surface area contributed by atoms with E-state index in [0.717, 1.165) is 0 Å². The van der Waals surface area contributed by atoms with Crippen LogP contribution in [-0.2, 0) is 47.1 Å². The molecular formula is C23H37NO10S2. The minimum atomic E-state index is -2.13. The molecule has 1 aliphatic rings. The Morgan fingerprint density at radius 1 is 0.944 bits per heavy atom. The Labute approximate surface area is 217 Å². The molecular weight excluding hydrogens is 514 g/mol. The van der Waals surface area contributed by atoms with E-state index in [-0.39, 0.29) is 5.75 Å². The van der Waals surface area contributed by atoms with Crippen LogP contribution in [0.25, 0.3) is 0 Å². The number of thioether (sulfide) groups is 1. The van der Waals surface area contributed by atoms with Gasteiger partial charge in [-0.3, -0.25) is 24.0 Å². The van der Waals surface area contributed by atoms with Crippen LogP contribution < -0.4 is 5.32 Å². The predicted molar refractivity (Wildman–Crippen MR) is 136 cm³/mol. The lowest BCUT2D eigenvalue weighted by Crippen LogP contribution is -2.66. The van der Waals surface area contributed by atoms with E-state index in [1.165, 1.54) is 46.4 Å². The first-order chi connectivity index (χ1) is 16.8. The van der Waals surface area contributed by atoms with Crippen molar-refractivity contribution in [2.24, 2.45) is 0 Å². The van der Waals surface area contributed by atoms with Crippen LogP contribution in [-0.4, -0.2) is 89.2 Å². The third kappa shape index (κ3) is 9.32. The monoisotopic (exact) mass is 551 g/mol. The average molecular weight is 552 g/mol. The summed E-state index contributed by atoms with van der Waals surface area (Å²) >= 11 is 1.19. The maximum atomic E-state index is 12.2. The minimum Gasteiger partial charge on any atom is -0.456 e. The van der Waals surface area contributed by atoms with Gasteiger partial charge in [0.15, 0.2) is 18.3 Å². The van der Waals surface area contributed by atoms with Crippen molar-refractivity contribution in [3.8, 4) is 0 Å². The average Bonchev–Trinajstić information content (AvgIpc) is 2.74. The molecule has 36 heavy (non-hydrogen) atoms. The highest BCUT2D eigenvalue weighted by Crippen LogP contribution is 2.50. The second-order valence-electron chi connectivity index (χ2n) is 8.19. The van der Waals surface area contributed by atoms with Gasteiger partial charge in [-0.05, 0) is 6.26 Å². The van der Waals surface area contributed by atoms with E-state index in [4.69, 9.17) is 23.1 Å². The minimum absolute atomic E-state index is 0.156. The highest BCUT2D eigenvalue weighted by atomic mass is 32.3. The van der Waals surface area contributed by atoms with Crippen LogP contribution in [0.3, 0.4) is 0 Å². The summed E-state index contributed by atoms with van der Waals surface area (Å²) in [6, 6.07) is -0.827. The van der Waals surface area contributed by atoms with E-state index in [9.17, 15) is 24.0 Å². The van der Waals surface area contributed by atoms with Crippen LogP contribution in [0.1, 0.15) is 41.5 Å². The summed E-state index contributed by atoms with van der Waals surface area (Å²) in [5.74, 6) is -1.93. The summed E-state index contributed by atoms with van der Waals surface area (Å²) in [5.41, 5.74) is -0.828. The van der Waals surface area contributed by atoms with Gasteiger partial charge in [-0.15, -0.1) is 18.3 Å². The fourth-order valence-corrected chi connectivity index (χ4v) is 7.45. The number of hydrogen-bond acceptors (Lipinski definition) is 11. The van der Waals surface area contributed by atoms with Gasteiger partial charge in [0.2, 0.25) is 5.91 Å². The molecule has 0 spiro atoms. The second-order valence-corrected chi connectivity index (χ2v) is 12.5. The molecule has 0 aromatic rings. The number of rotatable bonds is 12. The summed E-state index contributed by atoms with van der Waals surface area (Å²) in [4.78, 5) is 60.2. The van der Waals surface area contributed by atoms with Crippen molar-refractivity contribution in [3.05, 3.63) is 12.7 Å². The Kier molecular flexibility index (Phi) is 12.8. The summed E-state index contributed by atoms with van der Waals surface area (Å²) in [6.45, 7) is 11.8. The fourth-order valence-electron chi connectivity index (χ4n) is 4.02. The summed E-state index contributed by atoms with van der Waals surface area (Å²) in [5, 5.41) is 2.83. The van der Waals surface area contributed by atoms with Gasteiger partial charge >= 0.3 is 23.9 Å². The van der Waals surface area contributed by atoms with Crippen molar-refractivity contribution in [3.63, 3.8) is 0 Å².